The number of carbonyl (C=O) groups excluding carboxylic acids is 2. The van der Waals surface area contributed by atoms with Crippen molar-refractivity contribution in [3.63, 3.8) is 0 Å². The Morgan fingerprint density at radius 2 is 2.04 bits per heavy atom. The third-order valence-electron chi connectivity index (χ3n) is 3.83. The van der Waals surface area contributed by atoms with Gasteiger partial charge in [0.15, 0.2) is 0 Å². The van der Waals surface area contributed by atoms with Gasteiger partial charge in [-0.2, -0.15) is 0 Å². The first-order valence-electron chi connectivity index (χ1n) is 7.44. The van der Waals surface area contributed by atoms with Crippen molar-refractivity contribution in [3.05, 3.63) is 17.8 Å². The smallest absolute Gasteiger partial charge is 0.254 e. The Morgan fingerprint density at radius 3 is 2.62 bits per heavy atom. The molecule has 2 heterocycles. The standard InChI is InChI=1S/C15H22N4O3.2ClH/c1-22-15-12(14(16)21)8-11(9-18-15)19-13(20)3-2-10-4-6-17-7-5-10;;/h8-10,17H,2-7H2,1H3,(H2,16,21)(H,19,20);2*1H. The lowest BCUT2D eigenvalue weighted by atomic mass is 9.93. The van der Waals surface area contributed by atoms with Gasteiger partial charge in [-0.25, -0.2) is 4.98 Å². The van der Waals surface area contributed by atoms with Crippen LogP contribution in [-0.2, 0) is 4.79 Å². The molecule has 1 aromatic rings. The van der Waals surface area contributed by atoms with Crippen LogP contribution in [0, 0.1) is 5.92 Å². The SMILES string of the molecule is COc1ncc(NC(=O)CCC2CCNCC2)cc1C(N)=O.Cl.Cl. The number of hydrogen-bond acceptors (Lipinski definition) is 5. The molecule has 1 aliphatic heterocycles. The first-order valence-corrected chi connectivity index (χ1v) is 7.44. The first kappa shape index (κ1) is 22.4. The summed E-state index contributed by atoms with van der Waals surface area (Å²) in [5.41, 5.74) is 5.87. The predicted molar refractivity (Wildman–Crippen MR) is 97.3 cm³/mol. The fraction of sp³-hybridized carbons (Fsp3) is 0.533. The average molecular weight is 379 g/mol. The summed E-state index contributed by atoms with van der Waals surface area (Å²) in [6.45, 7) is 2.05. The molecule has 0 aromatic carbocycles. The number of amides is 2. The molecule has 0 saturated carbocycles. The maximum atomic E-state index is 12.0. The minimum Gasteiger partial charge on any atom is -0.480 e. The maximum Gasteiger partial charge on any atom is 0.254 e. The molecule has 1 fully saturated rings. The number of hydrogen-bond donors (Lipinski definition) is 3. The summed E-state index contributed by atoms with van der Waals surface area (Å²) in [4.78, 5) is 27.3. The number of rotatable bonds is 6. The number of primary amides is 1. The van der Waals surface area contributed by atoms with Crippen molar-refractivity contribution in [2.24, 2.45) is 11.7 Å². The molecule has 9 heteroatoms. The number of ether oxygens (including phenoxy) is 1. The lowest BCUT2D eigenvalue weighted by molar-refractivity contribution is -0.116. The van der Waals surface area contributed by atoms with Gasteiger partial charge in [0.05, 0.1) is 19.0 Å². The molecule has 1 aromatic heterocycles. The molecular weight excluding hydrogens is 355 g/mol. The van der Waals surface area contributed by atoms with E-state index in [2.05, 4.69) is 15.6 Å². The third kappa shape index (κ3) is 6.51. The van der Waals surface area contributed by atoms with E-state index in [1.807, 2.05) is 0 Å². The predicted octanol–water partition coefficient (Wildman–Crippen LogP) is 1.75. The first-order chi connectivity index (χ1) is 10.6. The second-order valence-electron chi connectivity index (χ2n) is 5.43. The van der Waals surface area contributed by atoms with Crippen LogP contribution in [0.3, 0.4) is 0 Å². The zero-order valence-corrected chi connectivity index (χ0v) is 15.2. The quantitative estimate of drug-likeness (QED) is 0.698. The van der Waals surface area contributed by atoms with Gasteiger partial charge in [-0.3, -0.25) is 9.59 Å². The largest absolute Gasteiger partial charge is 0.480 e. The Hall–Kier alpha value is -1.57. The Labute approximate surface area is 153 Å². The van der Waals surface area contributed by atoms with Gasteiger partial charge in [-0.1, -0.05) is 0 Å². The summed E-state index contributed by atoms with van der Waals surface area (Å²) < 4.78 is 4.96. The van der Waals surface area contributed by atoms with E-state index in [1.165, 1.54) is 19.4 Å². The van der Waals surface area contributed by atoms with Gasteiger partial charge in [0.1, 0.15) is 5.56 Å². The highest BCUT2D eigenvalue weighted by molar-refractivity contribution is 5.97. The zero-order chi connectivity index (χ0) is 15.9. The Morgan fingerprint density at radius 1 is 1.38 bits per heavy atom. The summed E-state index contributed by atoms with van der Waals surface area (Å²) in [6.07, 6.45) is 5.02. The topological polar surface area (TPSA) is 106 Å². The Balaban J connectivity index is 0.00000264. The number of pyridine rings is 1. The molecule has 7 nitrogen and oxygen atoms in total. The van der Waals surface area contributed by atoms with E-state index in [1.54, 1.807) is 0 Å². The molecule has 1 saturated heterocycles. The molecule has 2 rings (SSSR count). The number of nitrogens with zero attached hydrogens (tertiary/aromatic N) is 1. The zero-order valence-electron chi connectivity index (χ0n) is 13.5. The lowest BCUT2D eigenvalue weighted by Crippen LogP contribution is -2.28. The van der Waals surface area contributed by atoms with E-state index in [9.17, 15) is 9.59 Å². The molecule has 24 heavy (non-hydrogen) atoms. The number of nitrogens with two attached hydrogens (primary N) is 1. The van der Waals surface area contributed by atoms with Crippen molar-refractivity contribution in [3.8, 4) is 5.88 Å². The van der Waals surface area contributed by atoms with Crippen LogP contribution in [0.4, 0.5) is 5.69 Å². The number of nitrogens with one attached hydrogen (secondary N) is 2. The molecule has 0 aliphatic carbocycles. The summed E-state index contributed by atoms with van der Waals surface area (Å²) in [5.74, 6) is 0.0263. The number of methoxy groups -OCH3 is 1. The van der Waals surface area contributed by atoms with Crippen LogP contribution in [0.15, 0.2) is 12.3 Å². The molecule has 0 spiro atoms. The molecule has 0 bridgehead atoms. The normalized spacial score (nSPS) is 14.0. The van der Waals surface area contributed by atoms with Gasteiger partial charge in [-0.15, -0.1) is 24.8 Å². The van der Waals surface area contributed by atoms with Crippen LogP contribution in [0.5, 0.6) is 5.88 Å². The highest BCUT2D eigenvalue weighted by Crippen LogP contribution is 2.20. The fourth-order valence-electron chi connectivity index (χ4n) is 2.59. The minimum absolute atomic E-state index is 0. The molecular formula is C15H24Cl2N4O3. The lowest BCUT2D eigenvalue weighted by Gasteiger charge is -2.22. The molecule has 4 N–H and O–H groups in total. The van der Waals surface area contributed by atoms with E-state index in [-0.39, 0.29) is 42.2 Å². The summed E-state index contributed by atoms with van der Waals surface area (Å²) in [7, 11) is 1.41. The van der Waals surface area contributed by atoms with Gasteiger partial charge in [0.2, 0.25) is 11.8 Å². The van der Waals surface area contributed by atoms with Gasteiger partial charge in [0.25, 0.3) is 5.91 Å². The van der Waals surface area contributed by atoms with Crippen molar-refractivity contribution in [2.75, 3.05) is 25.5 Å². The molecule has 1 aliphatic rings. The Kier molecular flexibility index (Phi) is 10.3. The monoisotopic (exact) mass is 378 g/mol. The van der Waals surface area contributed by atoms with Crippen molar-refractivity contribution in [1.29, 1.82) is 0 Å². The molecule has 2 amide bonds. The minimum atomic E-state index is -0.643. The van der Waals surface area contributed by atoms with Crippen molar-refractivity contribution in [2.45, 2.75) is 25.7 Å². The number of anilines is 1. The second kappa shape index (κ2) is 11.1. The number of carbonyl (C=O) groups is 2. The molecule has 136 valence electrons. The number of piperidine rings is 1. The maximum absolute atomic E-state index is 12.0. The van der Waals surface area contributed by atoms with Gasteiger partial charge < -0.3 is 21.1 Å². The van der Waals surface area contributed by atoms with Gasteiger partial charge in [0, 0.05) is 6.42 Å². The van der Waals surface area contributed by atoms with E-state index < -0.39 is 5.91 Å². The van der Waals surface area contributed by atoms with Crippen molar-refractivity contribution >= 4 is 42.3 Å². The van der Waals surface area contributed by atoms with Crippen LogP contribution in [-0.4, -0.2) is 37.0 Å². The van der Waals surface area contributed by atoms with Crippen LogP contribution >= 0.6 is 24.8 Å². The van der Waals surface area contributed by atoms with Gasteiger partial charge in [-0.05, 0) is 44.3 Å². The van der Waals surface area contributed by atoms with E-state index in [0.29, 0.717) is 18.0 Å². The summed E-state index contributed by atoms with van der Waals surface area (Å²) in [6, 6.07) is 1.48. The fourth-order valence-corrected chi connectivity index (χ4v) is 2.59. The van der Waals surface area contributed by atoms with Crippen LogP contribution in [0.2, 0.25) is 0 Å². The number of aromatic nitrogens is 1. The van der Waals surface area contributed by atoms with E-state index >= 15 is 0 Å². The summed E-state index contributed by atoms with van der Waals surface area (Å²) >= 11 is 0. The highest BCUT2D eigenvalue weighted by Gasteiger charge is 2.16. The highest BCUT2D eigenvalue weighted by atomic mass is 35.5. The molecule has 0 unspecified atom stereocenters. The second-order valence-corrected chi connectivity index (χ2v) is 5.43. The van der Waals surface area contributed by atoms with Crippen molar-refractivity contribution < 1.29 is 14.3 Å². The van der Waals surface area contributed by atoms with Crippen LogP contribution in [0.1, 0.15) is 36.0 Å². The average Bonchev–Trinajstić information content (AvgIpc) is 2.54. The molecule has 0 atom stereocenters. The Bertz CT molecular complexity index is 552. The van der Waals surface area contributed by atoms with Crippen LogP contribution < -0.4 is 21.1 Å². The van der Waals surface area contributed by atoms with E-state index in [4.69, 9.17) is 10.5 Å². The van der Waals surface area contributed by atoms with Crippen molar-refractivity contribution in [1.82, 2.24) is 10.3 Å². The molecule has 0 radical (unpaired) electrons. The van der Waals surface area contributed by atoms with E-state index in [0.717, 1.165) is 32.4 Å². The summed E-state index contributed by atoms with van der Waals surface area (Å²) in [5, 5.41) is 6.05. The number of halogens is 2. The van der Waals surface area contributed by atoms with Gasteiger partial charge >= 0.3 is 0 Å². The third-order valence-corrected chi connectivity index (χ3v) is 3.83. The van der Waals surface area contributed by atoms with Crippen LogP contribution in [0.25, 0.3) is 0 Å².